The Labute approximate surface area is 186 Å². The topological polar surface area (TPSA) is 63.5 Å². The van der Waals surface area contributed by atoms with E-state index in [4.69, 9.17) is 4.74 Å². The lowest BCUT2D eigenvalue weighted by Gasteiger charge is -2.12. The van der Waals surface area contributed by atoms with Crippen LogP contribution in [-0.4, -0.2) is 42.0 Å². The van der Waals surface area contributed by atoms with Crippen LogP contribution in [0.15, 0.2) is 47.7 Å². The molecular weight excluding hydrogens is 465 g/mol. The molecule has 2 aromatic rings. The fourth-order valence-electron chi connectivity index (χ4n) is 2.54. The third-order valence-electron chi connectivity index (χ3n) is 3.93. The van der Waals surface area contributed by atoms with Crippen molar-refractivity contribution >= 4 is 29.9 Å². The zero-order valence-corrected chi connectivity index (χ0v) is 19.6. The van der Waals surface area contributed by atoms with Crippen molar-refractivity contribution in [2.24, 2.45) is 10.9 Å². The van der Waals surface area contributed by atoms with Gasteiger partial charge in [0, 0.05) is 38.6 Å². The number of aliphatic imine (C=N–C) groups is 1. The number of guanidine groups is 1. The van der Waals surface area contributed by atoms with E-state index >= 15 is 0 Å². The van der Waals surface area contributed by atoms with Gasteiger partial charge < -0.3 is 15.4 Å². The van der Waals surface area contributed by atoms with Crippen LogP contribution in [0.1, 0.15) is 32.8 Å². The first-order valence-electron chi connectivity index (χ1n) is 9.88. The Morgan fingerprint density at radius 1 is 1.21 bits per heavy atom. The molecule has 7 heteroatoms. The molecule has 1 aromatic carbocycles. The Bertz CT molecular complexity index is 656. The first-order valence-corrected chi connectivity index (χ1v) is 9.88. The summed E-state index contributed by atoms with van der Waals surface area (Å²) in [5.41, 5.74) is 1.29. The highest BCUT2D eigenvalue weighted by Gasteiger charge is 2.00. The van der Waals surface area contributed by atoms with Crippen molar-refractivity contribution in [2.75, 3.05) is 26.2 Å². The van der Waals surface area contributed by atoms with E-state index in [-0.39, 0.29) is 24.0 Å². The molecular formula is C21H34IN5O. The molecule has 2 rings (SSSR count). The third kappa shape index (κ3) is 9.96. The number of benzene rings is 1. The maximum Gasteiger partial charge on any atom is 0.191 e. The maximum atomic E-state index is 5.73. The molecule has 6 nitrogen and oxygen atoms in total. The number of hydrogen-bond donors (Lipinski definition) is 2. The van der Waals surface area contributed by atoms with E-state index in [1.54, 1.807) is 6.20 Å². The molecule has 0 fully saturated rings. The second kappa shape index (κ2) is 14.3. The zero-order valence-electron chi connectivity index (χ0n) is 17.2. The molecule has 28 heavy (non-hydrogen) atoms. The van der Waals surface area contributed by atoms with Gasteiger partial charge in [-0.1, -0.05) is 26.0 Å². The lowest BCUT2D eigenvalue weighted by molar-refractivity contribution is 0.271. The smallest absolute Gasteiger partial charge is 0.191 e. The molecule has 0 aliphatic rings. The number of rotatable bonds is 11. The average Bonchev–Trinajstić information content (AvgIpc) is 3.18. The summed E-state index contributed by atoms with van der Waals surface area (Å²) in [6.07, 6.45) is 5.70. The van der Waals surface area contributed by atoms with Gasteiger partial charge in [-0.15, -0.1) is 24.0 Å². The molecule has 156 valence electrons. The minimum Gasteiger partial charge on any atom is -0.493 e. The summed E-state index contributed by atoms with van der Waals surface area (Å²) in [4.78, 5) is 4.63. The van der Waals surface area contributed by atoms with Crippen molar-refractivity contribution in [1.82, 2.24) is 20.4 Å². The summed E-state index contributed by atoms with van der Waals surface area (Å²) in [6, 6.07) is 10.3. The Hall–Kier alpha value is -1.77. The predicted molar refractivity (Wildman–Crippen MR) is 127 cm³/mol. The van der Waals surface area contributed by atoms with Crippen LogP contribution >= 0.6 is 24.0 Å². The summed E-state index contributed by atoms with van der Waals surface area (Å²) < 4.78 is 7.66. The lowest BCUT2D eigenvalue weighted by Crippen LogP contribution is -2.38. The van der Waals surface area contributed by atoms with E-state index in [0.29, 0.717) is 5.92 Å². The van der Waals surface area contributed by atoms with E-state index in [1.807, 2.05) is 29.1 Å². The molecule has 0 amide bonds. The SMILES string of the molecule is CCNC(=NCCCn1cccn1)NCCc1ccc(OCC(C)C)cc1.I. The number of nitrogens with one attached hydrogen (secondary N) is 2. The molecule has 0 saturated carbocycles. The van der Waals surface area contributed by atoms with E-state index in [1.165, 1.54) is 5.56 Å². The molecule has 0 aliphatic carbocycles. The van der Waals surface area contributed by atoms with Crippen molar-refractivity contribution < 1.29 is 4.74 Å². The van der Waals surface area contributed by atoms with E-state index in [2.05, 4.69) is 53.6 Å². The number of aryl methyl sites for hydroxylation is 1. The van der Waals surface area contributed by atoms with Crippen LogP contribution in [0.5, 0.6) is 5.75 Å². The minimum atomic E-state index is 0. The summed E-state index contributed by atoms with van der Waals surface area (Å²) in [5.74, 6) is 2.35. The van der Waals surface area contributed by atoms with Gasteiger partial charge in [-0.3, -0.25) is 9.67 Å². The molecule has 0 saturated heterocycles. The Kier molecular flexibility index (Phi) is 12.4. The molecule has 2 N–H and O–H groups in total. The lowest BCUT2D eigenvalue weighted by atomic mass is 10.1. The molecule has 0 atom stereocenters. The third-order valence-corrected chi connectivity index (χ3v) is 3.93. The largest absolute Gasteiger partial charge is 0.493 e. The Morgan fingerprint density at radius 3 is 2.64 bits per heavy atom. The molecule has 0 aliphatic heterocycles. The van der Waals surface area contributed by atoms with Crippen molar-refractivity contribution in [3.63, 3.8) is 0 Å². The molecule has 0 radical (unpaired) electrons. The van der Waals surface area contributed by atoms with Crippen LogP contribution < -0.4 is 15.4 Å². The van der Waals surface area contributed by atoms with Gasteiger partial charge in [0.15, 0.2) is 5.96 Å². The monoisotopic (exact) mass is 499 g/mol. The van der Waals surface area contributed by atoms with Crippen LogP contribution in [0, 0.1) is 5.92 Å². The molecule has 0 unspecified atom stereocenters. The van der Waals surface area contributed by atoms with Gasteiger partial charge in [0.05, 0.1) is 6.61 Å². The van der Waals surface area contributed by atoms with Crippen LogP contribution in [0.25, 0.3) is 0 Å². The highest BCUT2D eigenvalue weighted by molar-refractivity contribution is 14.0. The van der Waals surface area contributed by atoms with Gasteiger partial charge in [0.25, 0.3) is 0 Å². The first kappa shape index (κ1) is 24.3. The van der Waals surface area contributed by atoms with Gasteiger partial charge in [0.2, 0.25) is 0 Å². The van der Waals surface area contributed by atoms with Gasteiger partial charge in [0.1, 0.15) is 5.75 Å². The highest BCUT2D eigenvalue weighted by atomic mass is 127. The number of halogens is 1. The standard InChI is InChI=1S/C21H33N5O.HI/c1-4-22-21(23-12-5-15-26-16-6-13-25-26)24-14-11-19-7-9-20(10-8-19)27-17-18(2)3;/h6-10,13,16,18H,4-5,11-12,14-15,17H2,1-3H3,(H2,22,23,24);1H. The van der Waals surface area contributed by atoms with Crippen LogP contribution in [0.4, 0.5) is 0 Å². The van der Waals surface area contributed by atoms with E-state index in [0.717, 1.165) is 57.3 Å². The predicted octanol–water partition coefficient (Wildman–Crippen LogP) is 3.72. The van der Waals surface area contributed by atoms with Gasteiger partial charge in [-0.2, -0.15) is 5.10 Å². The molecule has 0 spiro atoms. The van der Waals surface area contributed by atoms with Gasteiger partial charge >= 0.3 is 0 Å². The van der Waals surface area contributed by atoms with Crippen molar-refractivity contribution in [3.8, 4) is 5.75 Å². The first-order chi connectivity index (χ1) is 13.2. The second-order valence-corrected chi connectivity index (χ2v) is 6.91. The number of nitrogens with zero attached hydrogens (tertiary/aromatic N) is 3. The number of ether oxygens (including phenoxy) is 1. The minimum absolute atomic E-state index is 0. The van der Waals surface area contributed by atoms with Crippen LogP contribution in [-0.2, 0) is 13.0 Å². The summed E-state index contributed by atoms with van der Waals surface area (Å²) in [6.45, 7) is 10.5. The maximum absolute atomic E-state index is 5.73. The molecule has 1 aromatic heterocycles. The van der Waals surface area contributed by atoms with Crippen molar-refractivity contribution in [2.45, 2.75) is 40.2 Å². The molecule has 1 heterocycles. The zero-order chi connectivity index (χ0) is 19.3. The van der Waals surface area contributed by atoms with Gasteiger partial charge in [-0.05, 0) is 49.4 Å². The van der Waals surface area contributed by atoms with Gasteiger partial charge in [-0.25, -0.2) is 0 Å². The summed E-state index contributed by atoms with van der Waals surface area (Å²) in [7, 11) is 0. The Morgan fingerprint density at radius 2 is 2.00 bits per heavy atom. The van der Waals surface area contributed by atoms with Crippen LogP contribution in [0.2, 0.25) is 0 Å². The normalized spacial score (nSPS) is 11.2. The van der Waals surface area contributed by atoms with Crippen LogP contribution in [0.3, 0.4) is 0 Å². The fraction of sp³-hybridized carbons (Fsp3) is 0.524. The molecule has 0 bridgehead atoms. The van der Waals surface area contributed by atoms with E-state index in [9.17, 15) is 0 Å². The summed E-state index contributed by atoms with van der Waals surface area (Å²) in [5, 5.41) is 10.9. The number of hydrogen-bond acceptors (Lipinski definition) is 3. The average molecular weight is 499 g/mol. The van der Waals surface area contributed by atoms with E-state index < -0.39 is 0 Å². The second-order valence-electron chi connectivity index (χ2n) is 6.91. The Balaban J connectivity index is 0.00000392. The summed E-state index contributed by atoms with van der Waals surface area (Å²) >= 11 is 0. The highest BCUT2D eigenvalue weighted by Crippen LogP contribution is 2.13. The fourth-order valence-corrected chi connectivity index (χ4v) is 2.54. The quantitative estimate of drug-likeness (QED) is 0.214. The number of aromatic nitrogens is 2. The van der Waals surface area contributed by atoms with Crippen molar-refractivity contribution in [3.05, 3.63) is 48.3 Å². The van der Waals surface area contributed by atoms with Crippen molar-refractivity contribution in [1.29, 1.82) is 0 Å².